The van der Waals surface area contributed by atoms with Crippen LogP contribution >= 0.6 is 0 Å². The van der Waals surface area contributed by atoms with Gasteiger partial charge in [-0.2, -0.15) is 0 Å². The third kappa shape index (κ3) is 2.64. The summed E-state index contributed by atoms with van der Waals surface area (Å²) < 4.78 is 0. The van der Waals surface area contributed by atoms with Gasteiger partial charge in [-0.05, 0) is 36.8 Å². The largest absolute Gasteiger partial charge is 0.512 e. The molecule has 2 heteroatoms. The molecule has 4 atom stereocenters. The van der Waals surface area contributed by atoms with Crippen LogP contribution in [0.15, 0.2) is 47.0 Å². The Morgan fingerprint density at radius 2 is 1.08 bits per heavy atom. The minimum atomic E-state index is 0.105. The van der Waals surface area contributed by atoms with Crippen molar-refractivity contribution in [3.05, 3.63) is 47.0 Å². The van der Waals surface area contributed by atoms with Gasteiger partial charge in [-0.25, -0.2) is 0 Å². The van der Waals surface area contributed by atoms with Crippen molar-refractivity contribution in [2.24, 2.45) is 29.1 Å². The molecule has 24 heavy (non-hydrogen) atoms. The van der Waals surface area contributed by atoms with E-state index in [1.165, 1.54) is 43.3 Å². The Hall–Kier alpha value is -1.44. The van der Waals surface area contributed by atoms with E-state index in [-0.39, 0.29) is 17.3 Å². The molecule has 2 unspecified atom stereocenters. The van der Waals surface area contributed by atoms with Crippen molar-refractivity contribution in [2.75, 3.05) is 0 Å². The van der Waals surface area contributed by atoms with E-state index in [4.69, 9.17) is 0 Å². The third-order valence-electron chi connectivity index (χ3n) is 7.09. The molecule has 0 aromatic rings. The Labute approximate surface area is 146 Å². The van der Waals surface area contributed by atoms with Crippen molar-refractivity contribution in [3.63, 3.8) is 0 Å². The van der Waals surface area contributed by atoms with Crippen molar-refractivity contribution in [2.45, 2.75) is 59.8 Å². The van der Waals surface area contributed by atoms with Crippen LogP contribution in [-0.4, -0.2) is 10.2 Å². The normalized spacial score (nSPS) is 36.3. The van der Waals surface area contributed by atoms with E-state index in [2.05, 4.69) is 39.8 Å². The minimum absolute atomic E-state index is 0.105. The fourth-order valence-electron chi connectivity index (χ4n) is 5.10. The van der Waals surface area contributed by atoms with Crippen LogP contribution < -0.4 is 0 Å². The number of aliphatic hydroxyl groups is 2. The second kappa shape index (κ2) is 6.46. The Balaban J connectivity index is 2.10. The van der Waals surface area contributed by atoms with Gasteiger partial charge < -0.3 is 10.2 Å². The summed E-state index contributed by atoms with van der Waals surface area (Å²) in [4.78, 5) is 0. The maximum absolute atomic E-state index is 10.1. The van der Waals surface area contributed by atoms with Crippen LogP contribution in [0.4, 0.5) is 0 Å². The Morgan fingerprint density at radius 1 is 0.667 bits per heavy atom. The highest BCUT2D eigenvalue weighted by Gasteiger charge is 2.45. The van der Waals surface area contributed by atoms with Crippen LogP contribution in [0.3, 0.4) is 0 Å². The predicted octanol–water partition coefficient (Wildman–Crippen LogP) is 6.25. The Bertz CT molecular complexity index is 566. The summed E-state index contributed by atoms with van der Waals surface area (Å²) in [6.07, 6.45) is 14.5. The molecule has 132 valence electrons. The Kier molecular flexibility index (Phi) is 4.68. The van der Waals surface area contributed by atoms with Crippen LogP contribution in [0.2, 0.25) is 0 Å². The monoisotopic (exact) mass is 328 g/mol. The van der Waals surface area contributed by atoms with Crippen molar-refractivity contribution in [1.29, 1.82) is 0 Å². The molecule has 3 aliphatic carbocycles. The molecule has 1 saturated carbocycles. The second-order valence-corrected chi connectivity index (χ2v) is 8.22. The predicted molar refractivity (Wildman–Crippen MR) is 99.8 cm³/mol. The quantitative estimate of drug-likeness (QED) is 0.629. The zero-order valence-electron chi connectivity index (χ0n) is 15.5. The number of aliphatic hydroxyl groups excluding tert-OH is 2. The summed E-state index contributed by atoms with van der Waals surface area (Å²) >= 11 is 0. The number of hydrogen-bond acceptors (Lipinski definition) is 2. The molecule has 0 amide bonds. The fourth-order valence-corrected chi connectivity index (χ4v) is 5.10. The molecule has 0 aromatic carbocycles. The average molecular weight is 328 g/mol. The minimum Gasteiger partial charge on any atom is -0.512 e. The van der Waals surface area contributed by atoms with Gasteiger partial charge in [-0.1, -0.05) is 70.3 Å². The van der Waals surface area contributed by atoms with E-state index in [0.29, 0.717) is 23.4 Å². The van der Waals surface area contributed by atoms with Gasteiger partial charge in [0.2, 0.25) is 0 Å². The maximum atomic E-state index is 10.1. The van der Waals surface area contributed by atoms with E-state index < -0.39 is 0 Å². The fraction of sp³-hybridized carbons (Fsp3) is 0.636. The molecule has 1 fully saturated rings. The van der Waals surface area contributed by atoms with Crippen LogP contribution in [0, 0.1) is 29.1 Å². The van der Waals surface area contributed by atoms with E-state index in [0.717, 1.165) is 0 Å². The topological polar surface area (TPSA) is 40.5 Å². The van der Waals surface area contributed by atoms with Crippen molar-refractivity contribution in [1.82, 2.24) is 0 Å². The van der Waals surface area contributed by atoms with Gasteiger partial charge in [0.25, 0.3) is 0 Å². The van der Waals surface area contributed by atoms with Gasteiger partial charge in [0.05, 0.1) is 11.5 Å². The molecule has 3 aliphatic rings. The van der Waals surface area contributed by atoms with Crippen LogP contribution in [0.25, 0.3) is 0 Å². The van der Waals surface area contributed by atoms with Crippen LogP contribution in [0.1, 0.15) is 59.8 Å². The number of hydrogen-bond donors (Lipinski definition) is 2. The van der Waals surface area contributed by atoms with Gasteiger partial charge in [0.1, 0.15) is 0 Å². The highest BCUT2D eigenvalue weighted by molar-refractivity contribution is 5.42. The van der Waals surface area contributed by atoms with Gasteiger partial charge >= 0.3 is 0 Å². The summed E-state index contributed by atoms with van der Waals surface area (Å²) in [7, 11) is 0. The molecular formula is C22H32O2. The second-order valence-electron chi connectivity index (χ2n) is 8.22. The molecule has 0 heterocycles. The molecule has 0 aromatic heterocycles. The van der Waals surface area contributed by atoms with E-state index in [1.807, 2.05) is 12.2 Å². The average Bonchev–Trinajstić information content (AvgIpc) is 2.58. The van der Waals surface area contributed by atoms with Crippen LogP contribution in [-0.2, 0) is 0 Å². The number of rotatable bonds is 2. The van der Waals surface area contributed by atoms with Gasteiger partial charge in [-0.3, -0.25) is 0 Å². The lowest BCUT2D eigenvalue weighted by Crippen LogP contribution is -2.38. The smallest absolute Gasteiger partial charge is 0.0956 e. The maximum Gasteiger partial charge on any atom is 0.0956 e. The standard InChI is InChI=1S/C22H32O2/c1-14-16(3)20(23)10-8-18(14)22(12-6-5-7-13-22)19-9-11-21(24)17(4)15(19)2/h8-11,14-17,23-24H,5-7,12-13H2,1-4H3/t14-,15?,16?,17-/m0/s1. The first-order chi connectivity index (χ1) is 11.4. The third-order valence-corrected chi connectivity index (χ3v) is 7.09. The van der Waals surface area contributed by atoms with Crippen molar-refractivity contribution < 1.29 is 10.2 Å². The summed E-state index contributed by atoms with van der Waals surface area (Å²) in [6, 6.07) is 0. The number of allylic oxidation sites excluding steroid dienone is 8. The van der Waals surface area contributed by atoms with Crippen molar-refractivity contribution >= 4 is 0 Å². The molecular weight excluding hydrogens is 296 g/mol. The molecule has 0 radical (unpaired) electrons. The first-order valence-electron chi connectivity index (χ1n) is 9.61. The molecule has 2 nitrogen and oxygen atoms in total. The zero-order chi connectivity index (χ0) is 17.5. The lowest BCUT2D eigenvalue weighted by Gasteiger charge is -2.49. The van der Waals surface area contributed by atoms with Gasteiger partial charge in [0.15, 0.2) is 0 Å². The molecule has 0 spiro atoms. The van der Waals surface area contributed by atoms with E-state index in [9.17, 15) is 10.2 Å². The van der Waals surface area contributed by atoms with Crippen LogP contribution in [0.5, 0.6) is 0 Å². The molecule has 0 bridgehead atoms. The first-order valence-corrected chi connectivity index (χ1v) is 9.61. The van der Waals surface area contributed by atoms with Gasteiger partial charge in [0, 0.05) is 17.3 Å². The summed E-state index contributed by atoms with van der Waals surface area (Å²) in [5, 5.41) is 20.3. The highest BCUT2D eigenvalue weighted by Crippen LogP contribution is 2.56. The van der Waals surface area contributed by atoms with E-state index >= 15 is 0 Å². The lowest BCUT2D eigenvalue weighted by molar-refractivity contribution is 0.200. The molecule has 0 aliphatic heterocycles. The zero-order valence-corrected chi connectivity index (χ0v) is 15.5. The van der Waals surface area contributed by atoms with E-state index in [1.54, 1.807) is 0 Å². The summed E-state index contributed by atoms with van der Waals surface area (Å²) in [5.74, 6) is 2.10. The SMILES string of the molecule is CC1C(C2(C3=CC=C(O)C(C)[C@@H]3C)CCCCC2)=CC=C(O)[C@H]1C. The molecule has 3 rings (SSSR count). The Morgan fingerprint density at radius 3 is 1.50 bits per heavy atom. The summed E-state index contributed by atoms with van der Waals surface area (Å²) in [6.45, 7) is 8.79. The summed E-state index contributed by atoms with van der Waals surface area (Å²) in [5.41, 5.74) is 3.09. The van der Waals surface area contributed by atoms with Crippen molar-refractivity contribution in [3.8, 4) is 0 Å². The first kappa shape index (κ1) is 17.4. The lowest BCUT2D eigenvalue weighted by atomic mass is 9.56. The molecule has 2 N–H and O–H groups in total. The van der Waals surface area contributed by atoms with Gasteiger partial charge in [-0.15, -0.1) is 0 Å². The highest BCUT2D eigenvalue weighted by atomic mass is 16.3. The molecule has 0 saturated heterocycles.